The summed E-state index contributed by atoms with van der Waals surface area (Å²) in [4.78, 5) is 12.8. The van der Waals surface area contributed by atoms with Gasteiger partial charge in [0.05, 0.1) is 0 Å². The van der Waals surface area contributed by atoms with Crippen LogP contribution in [-0.2, 0) is 15.6 Å². The predicted molar refractivity (Wildman–Crippen MR) is 157 cm³/mol. The lowest BCUT2D eigenvalue weighted by molar-refractivity contribution is -0.128. The molecule has 0 aromatic heterocycles. The summed E-state index contributed by atoms with van der Waals surface area (Å²) in [6.07, 6.45) is 2.74. The van der Waals surface area contributed by atoms with Crippen molar-refractivity contribution in [3.05, 3.63) is 71.8 Å². The molecule has 34 heavy (non-hydrogen) atoms. The predicted octanol–water partition coefficient (Wildman–Crippen LogP) is 10.8. The molecule has 0 heterocycles. The van der Waals surface area contributed by atoms with Crippen LogP contribution in [0.3, 0.4) is 0 Å². The van der Waals surface area contributed by atoms with Crippen LogP contribution < -0.4 is 0 Å². The molecular formula is C33H58O. The lowest BCUT2D eigenvalue weighted by atomic mass is 9.61. The zero-order valence-corrected chi connectivity index (χ0v) is 25.3. The van der Waals surface area contributed by atoms with Crippen molar-refractivity contribution < 1.29 is 4.79 Å². The zero-order valence-electron chi connectivity index (χ0n) is 25.3. The molecule has 0 bridgehead atoms. The minimum Gasteiger partial charge on any atom is -0.299 e. The molecule has 196 valence electrons. The molecule has 0 amide bonds. The minimum atomic E-state index is -0.361. The molecule has 0 spiro atoms. The van der Waals surface area contributed by atoms with E-state index in [1.165, 1.54) is 11.1 Å². The Morgan fingerprint density at radius 1 is 0.618 bits per heavy atom. The van der Waals surface area contributed by atoms with Crippen LogP contribution >= 0.6 is 0 Å². The third kappa shape index (κ3) is 11.5. The fraction of sp³-hybridized carbons (Fsp3) is 0.606. The summed E-state index contributed by atoms with van der Waals surface area (Å²) in [6, 6.07) is 21.2. The maximum Gasteiger partial charge on any atom is 0.135 e. The highest BCUT2D eigenvalue weighted by Gasteiger charge is 2.42. The first-order valence-electron chi connectivity index (χ1n) is 13.8. The van der Waals surface area contributed by atoms with Gasteiger partial charge in [0.2, 0.25) is 0 Å². The summed E-state index contributed by atoms with van der Waals surface area (Å²) in [6.45, 7) is 29.0. The number of Topliss-reactive ketones (excluding diaryl/α,β-unsaturated/α-hetero) is 1. The fourth-order valence-corrected chi connectivity index (χ4v) is 4.41. The summed E-state index contributed by atoms with van der Waals surface area (Å²) in [5.74, 6) is 0.289. The van der Waals surface area contributed by atoms with Crippen LogP contribution in [0.2, 0.25) is 0 Å². The molecule has 0 saturated heterocycles. The number of hydrogen-bond acceptors (Lipinski definition) is 1. The van der Waals surface area contributed by atoms with Crippen molar-refractivity contribution in [1.29, 1.82) is 0 Å². The van der Waals surface area contributed by atoms with Gasteiger partial charge >= 0.3 is 0 Å². The number of benzene rings is 2. The third-order valence-electron chi connectivity index (χ3n) is 6.27. The molecule has 1 nitrogen and oxygen atoms in total. The summed E-state index contributed by atoms with van der Waals surface area (Å²) in [5, 5.41) is 0. The fourth-order valence-electron chi connectivity index (χ4n) is 4.41. The van der Waals surface area contributed by atoms with E-state index >= 15 is 0 Å². The Balaban J connectivity index is -0.00000108. The van der Waals surface area contributed by atoms with Crippen LogP contribution in [0, 0.1) is 5.41 Å². The van der Waals surface area contributed by atoms with Gasteiger partial charge in [-0.1, -0.05) is 151 Å². The monoisotopic (exact) mass is 470 g/mol. The molecule has 2 aromatic carbocycles. The Kier molecular flexibility index (Phi) is 20.9. The molecule has 0 fully saturated rings. The van der Waals surface area contributed by atoms with Gasteiger partial charge in [0, 0.05) is 5.41 Å². The standard InChI is InChI=1S/C25H34O.4C2H6/c1-7-24(5,22-16-12-9-13-17-22)19-25(6,20(2)26)18-23(3,4)21-14-10-8-11-15-21;4*1-2/h8-17H,7,18-19H2,1-6H3;4*1-2H3. The van der Waals surface area contributed by atoms with Gasteiger partial charge in [-0.3, -0.25) is 4.79 Å². The molecule has 0 N–H and O–H groups in total. The summed E-state index contributed by atoms with van der Waals surface area (Å²) < 4.78 is 0. The highest BCUT2D eigenvalue weighted by Crippen LogP contribution is 2.46. The summed E-state index contributed by atoms with van der Waals surface area (Å²) in [7, 11) is 0. The molecule has 2 aromatic rings. The molecule has 0 aliphatic heterocycles. The Bertz CT molecular complexity index is 717. The van der Waals surface area contributed by atoms with Crippen molar-refractivity contribution in [2.24, 2.45) is 5.41 Å². The molecule has 0 aliphatic rings. The van der Waals surface area contributed by atoms with E-state index in [-0.39, 0.29) is 22.0 Å². The van der Waals surface area contributed by atoms with E-state index in [2.05, 4.69) is 89.2 Å². The van der Waals surface area contributed by atoms with Crippen LogP contribution in [0.1, 0.15) is 127 Å². The largest absolute Gasteiger partial charge is 0.299 e. The van der Waals surface area contributed by atoms with Crippen LogP contribution in [0.15, 0.2) is 60.7 Å². The van der Waals surface area contributed by atoms with E-state index in [9.17, 15) is 4.79 Å². The van der Waals surface area contributed by atoms with Crippen molar-refractivity contribution in [2.75, 3.05) is 0 Å². The normalized spacial score (nSPS) is 13.4. The lowest BCUT2D eigenvalue weighted by Gasteiger charge is -2.42. The first-order chi connectivity index (χ1) is 16.1. The third-order valence-corrected chi connectivity index (χ3v) is 6.27. The Morgan fingerprint density at radius 2 is 0.971 bits per heavy atom. The Hall–Kier alpha value is -1.89. The lowest BCUT2D eigenvalue weighted by Crippen LogP contribution is -2.39. The van der Waals surface area contributed by atoms with Crippen molar-refractivity contribution in [3.63, 3.8) is 0 Å². The van der Waals surface area contributed by atoms with Crippen LogP contribution in [-0.4, -0.2) is 5.78 Å². The van der Waals surface area contributed by atoms with Crippen LogP contribution in [0.5, 0.6) is 0 Å². The van der Waals surface area contributed by atoms with Gasteiger partial charge in [-0.05, 0) is 48.1 Å². The van der Waals surface area contributed by atoms with Gasteiger partial charge < -0.3 is 0 Å². The van der Waals surface area contributed by atoms with Gasteiger partial charge in [0.15, 0.2) is 0 Å². The van der Waals surface area contributed by atoms with Crippen molar-refractivity contribution in [3.8, 4) is 0 Å². The zero-order chi connectivity index (χ0) is 27.4. The van der Waals surface area contributed by atoms with E-state index in [0.29, 0.717) is 0 Å². The first kappa shape index (κ1) is 36.7. The van der Waals surface area contributed by atoms with E-state index in [4.69, 9.17) is 0 Å². The molecule has 2 unspecified atom stereocenters. The maximum absolute atomic E-state index is 12.8. The number of rotatable bonds is 8. The second-order valence-corrected chi connectivity index (χ2v) is 9.00. The number of carbonyl (C=O) groups is 1. The molecule has 2 atom stereocenters. The molecule has 2 rings (SSSR count). The van der Waals surface area contributed by atoms with Crippen molar-refractivity contribution >= 4 is 5.78 Å². The molecule has 0 aliphatic carbocycles. The van der Waals surface area contributed by atoms with Gasteiger partial charge in [0.1, 0.15) is 5.78 Å². The molecule has 1 heteroatoms. The number of hydrogen-bond donors (Lipinski definition) is 0. The quantitative estimate of drug-likeness (QED) is 0.375. The van der Waals surface area contributed by atoms with Crippen molar-refractivity contribution in [2.45, 2.75) is 127 Å². The second-order valence-electron chi connectivity index (χ2n) is 9.00. The Labute approximate surface area is 214 Å². The summed E-state index contributed by atoms with van der Waals surface area (Å²) in [5.41, 5.74) is 2.21. The van der Waals surface area contributed by atoms with E-state index < -0.39 is 0 Å². The maximum atomic E-state index is 12.8. The summed E-state index contributed by atoms with van der Waals surface area (Å²) >= 11 is 0. The number of ketones is 1. The second kappa shape index (κ2) is 19.4. The molecular weight excluding hydrogens is 412 g/mol. The van der Waals surface area contributed by atoms with Crippen LogP contribution in [0.25, 0.3) is 0 Å². The smallest absolute Gasteiger partial charge is 0.135 e. The van der Waals surface area contributed by atoms with Gasteiger partial charge in [-0.25, -0.2) is 0 Å². The topological polar surface area (TPSA) is 17.1 Å². The van der Waals surface area contributed by atoms with Gasteiger partial charge in [-0.2, -0.15) is 0 Å². The van der Waals surface area contributed by atoms with E-state index in [1.807, 2.05) is 61.5 Å². The number of carbonyl (C=O) groups excluding carboxylic acids is 1. The van der Waals surface area contributed by atoms with E-state index in [0.717, 1.165) is 19.3 Å². The van der Waals surface area contributed by atoms with Gasteiger partial charge in [-0.15, -0.1) is 0 Å². The molecule has 0 radical (unpaired) electrons. The SMILES string of the molecule is CC.CC.CC.CC.CCC(C)(CC(C)(CC(C)(C)c1ccccc1)C(C)=O)c1ccccc1. The highest BCUT2D eigenvalue weighted by atomic mass is 16.1. The highest BCUT2D eigenvalue weighted by molar-refractivity contribution is 5.82. The van der Waals surface area contributed by atoms with E-state index in [1.54, 1.807) is 6.92 Å². The van der Waals surface area contributed by atoms with Crippen LogP contribution in [0.4, 0.5) is 0 Å². The van der Waals surface area contributed by atoms with Crippen molar-refractivity contribution in [1.82, 2.24) is 0 Å². The van der Waals surface area contributed by atoms with Gasteiger partial charge in [0.25, 0.3) is 0 Å². The average molecular weight is 471 g/mol. The first-order valence-corrected chi connectivity index (χ1v) is 13.8. The average Bonchev–Trinajstić information content (AvgIpc) is 2.89. The molecule has 0 saturated carbocycles. The Morgan fingerprint density at radius 3 is 1.29 bits per heavy atom. The minimum absolute atomic E-state index is 0.00551.